The maximum atomic E-state index is 13.3. The molecule has 3 aliphatic rings. The van der Waals surface area contributed by atoms with Crippen LogP contribution in [0.25, 0.3) is 11.4 Å². The van der Waals surface area contributed by atoms with Crippen LogP contribution in [0.4, 0.5) is 18.9 Å². The van der Waals surface area contributed by atoms with Crippen LogP contribution in [0.15, 0.2) is 61.1 Å². The minimum atomic E-state index is -4.39. The molecule has 1 aromatic carbocycles. The number of likely N-dealkylation sites (tertiary alicyclic amines) is 1. The van der Waals surface area contributed by atoms with Gasteiger partial charge in [0.2, 0.25) is 5.91 Å². The van der Waals surface area contributed by atoms with Crippen molar-refractivity contribution >= 4 is 11.6 Å². The number of benzene rings is 1. The molecule has 3 aromatic rings. The van der Waals surface area contributed by atoms with E-state index >= 15 is 0 Å². The van der Waals surface area contributed by atoms with E-state index in [2.05, 4.69) is 20.3 Å². The van der Waals surface area contributed by atoms with Crippen LogP contribution in [0, 0.1) is 5.92 Å². The number of nitrogens with one attached hydrogen (secondary N) is 1. The number of aromatic nitrogens is 3. The summed E-state index contributed by atoms with van der Waals surface area (Å²) in [6.45, 7) is 2.30. The normalized spacial score (nSPS) is 26.5. The van der Waals surface area contributed by atoms with Crippen LogP contribution >= 0.6 is 0 Å². The van der Waals surface area contributed by atoms with Gasteiger partial charge in [-0.15, -0.1) is 0 Å². The first kappa shape index (κ1) is 28.5. The lowest BCUT2D eigenvalue weighted by Gasteiger charge is -2.37. The van der Waals surface area contributed by atoms with Gasteiger partial charge in [0, 0.05) is 68.1 Å². The van der Waals surface area contributed by atoms with Gasteiger partial charge in [0.1, 0.15) is 5.60 Å². The number of nitrogens with zero attached hydrogens (tertiary/aromatic N) is 5. The Morgan fingerprint density at radius 1 is 0.929 bits per heavy atom. The molecule has 2 saturated heterocycles. The van der Waals surface area contributed by atoms with Crippen LogP contribution in [0.3, 0.4) is 0 Å². The number of pyridine rings is 1. The SMILES string of the molecule is O=C(C1CCN(c2cccc(C(F)(F)F)c2)C1)N1CC[C@H](NC2CCC(O)(c3ccc(-c4ncccn4)cn3)CC2)C1. The number of hydrogen-bond donors (Lipinski definition) is 2. The number of halogens is 3. The number of anilines is 1. The lowest BCUT2D eigenvalue weighted by molar-refractivity contribution is -0.137. The highest BCUT2D eigenvalue weighted by molar-refractivity contribution is 5.80. The summed E-state index contributed by atoms with van der Waals surface area (Å²) in [6.07, 6.45) is 5.00. The molecule has 0 spiro atoms. The van der Waals surface area contributed by atoms with E-state index in [1.54, 1.807) is 30.7 Å². The molecule has 1 aliphatic carbocycles. The highest BCUT2D eigenvalue weighted by atomic mass is 19.4. The van der Waals surface area contributed by atoms with Crippen molar-refractivity contribution in [1.82, 2.24) is 25.2 Å². The van der Waals surface area contributed by atoms with Gasteiger partial charge in [-0.2, -0.15) is 13.2 Å². The number of amides is 1. The zero-order chi connectivity index (χ0) is 29.3. The van der Waals surface area contributed by atoms with Crippen molar-refractivity contribution in [1.29, 1.82) is 0 Å². The Bertz CT molecular complexity index is 1380. The minimum absolute atomic E-state index is 0.0854. The largest absolute Gasteiger partial charge is 0.416 e. The van der Waals surface area contributed by atoms with Gasteiger partial charge in [-0.3, -0.25) is 9.78 Å². The molecule has 42 heavy (non-hydrogen) atoms. The molecule has 2 aromatic heterocycles. The molecule has 222 valence electrons. The van der Waals surface area contributed by atoms with Crippen molar-refractivity contribution in [2.24, 2.45) is 5.92 Å². The van der Waals surface area contributed by atoms with Crippen LogP contribution in [-0.2, 0) is 16.6 Å². The molecule has 0 bridgehead atoms. The summed E-state index contributed by atoms with van der Waals surface area (Å²) >= 11 is 0. The molecular weight excluding hydrogens is 545 g/mol. The fourth-order valence-corrected chi connectivity index (χ4v) is 6.53. The minimum Gasteiger partial charge on any atom is -0.384 e. The van der Waals surface area contributed by atoms with Gasteiger partial charge in [-0.1, -0.05) is 6.07 Å². The first-order chi connectivity index (χ1) is 20.2. The Labute approximate surface area is 243 Å². The smallest absolute Gasteiger partial charge is 0.384 e. The van der Waals surface area contributed by atoms with Crippen LogP contribution in [0.1, 0.15) is 49.8 Å². The maximum Gasteiger partial charge on any atom is 0.416 e. The van der Waals surface area contributed by atoms with Crippen LogP contribution in [0.5, 0.6) is 0 Å². The zero-order valence-corrected chi connectivity index (χ0v) is 23.3. The monoisotopic (exact) mass is 580 g/mol. The fourth-order valence-electron chi connectivity index (χ4n) is 6.53. The van der Waals surface area contributed by atoms with E-state index in [-0.39, 0.29) is 23.9 Å². The molecule has 6 rings (SSSR count). The number of hydrogen-bond acceptors (Lipinski definition) is 7. The Hall–Kier alpha value is -3.57. The molecule has 1 saturated carbocycles. The predicted molar refractivity (Wildman–Crippen MR) is 151 cm³/mol. The number of alkyl halides is 3. The lowest BCUT2D eigenvalue weighted by Crippen LogP contribution is -2.46. The highest BCUT2D eigenvalue weighted by Gasteiger charge is 2.39. The van der Waals surface area contributed by atoms with E-state index in [4.69, 9.17) is 0 Å². The van der Waals surface area contributed by atoms with Crippen LogP contribution in [0.2, 0.25) is 0 Å². The van der Waals surface area contributed by atoms with Gasteiger partial charge < -0.3 is 20.2 Å². The lowest BCUT2D eigenvalue weighted by atomic mass is 9.79. The first-order valence-electron chi connectivity index (χ1n) is 14.6. The first-order valence-corrected chi connectivity index (χ1v) is 14.6. The van der Waals surface area contributed by atoms with Gasteiger partial charge in [-0.05, 0) is 74.9 Å². The number of carbonyl (C=O) groups excluding carboxylic acids is 1. The molecule has 2 atom stereocenters. The van der Waals surface area contributed by atoms with E-state index < -0.39 is 17.3 Å². The summed E-state index contributed by atoms with van der Waals surface area (Å²) < 4.78 is 39.4. The standard InChI is InChI=1S/C31H35F3N6O2/c32-31(33,34)23-3-1-4-26(17-23)39-15-9-22(19-39)29(41)40-16-10-25(20-40)38-24-7-11-30(42,12-8-24)27-6-5-21(18-37-27)28-35-13-2-14-36-28/h1-6,13-14,17-18,22,24-25,38,42H,7-12,15-16,19-20H2/t22?,24?,25-,30?/m0/s1. The average Bonchev–Trinajstić information content (AvgIpc) is 3.69. The summed E-state index contributed by atoms with van der Waals surface area (Å²) in [6, 6.07) is 11.3. The van der Waals surface area contributed by atoms with Crippen molar-refractivity contribution in [3.8, 4) is 11.4 Å². The third-order valence-corrected chi connectivity index (χ3v) is 8.92. The Kier molecular flexibility index (Phi) is 7.89. The molecule has 2 aliphatic heterocycles. The molecule has 1 amide bonds. The second-order valence-corrected chi connectivity index (χ2v) is 11.7. The van der Waals surface area contributed by atoms with Crippen molar-refractivity contribution in [2.45, 2.75) is 62.4 Å². The Morgan fingerprint density at radius 2 is 1.71 bits per heavy atom. The summed E-state index contributed by atoms with van der Waals surface area (Å²) in [5, 5.41) is 15.1. The fraction of sp³-hybridized carbons (Fsp3) is 0.484. The molecular formula is C31H35F3N6O2. The van der Waals surface area contributed by atoms with Crippen molar-refractivity contribution in [3.63, 3.8) is 0 Å². The van der Waals surface area contributed by atoms with E-state index in [1.165, 1.54) is 12.1 Å². The van der Waals surface area contributed by atoms with Crippen LogP contribution < -0.4 is 10.2 Å². The Balaban J connectivity index is 0.977. The quantitative estimate of drug-likeness (QED) is 0.446. The molecule has 1 unspecified atom stereocenters. The Morgan fingerprint density at radius 3 is 2.43 bits per heavy atom. The second kappa shape index (κ2) is 11.6. The topological polar surface area (TPSA) is 94.5 Å². The van der Waals surface area contributed by atoms with Gasteiger partial charge >= 0.3 is 6.18 Å². The summed E-state index contributed by atoms with van der Waals surface area (Å²) in [5.41, 5.74) is 0.333. The van der Waals surface area contributed by atoms with Crippen LogP contribution in [-0.4, -0.2) is 69.1 Å². The molecule has 8 nitrogen and oxygen atoms in total. The molecule has 11 heteroatoms. The average molecular weight is 581 g/mol. The predicted octanol–water partition coefficient (Wildman–Crippen LogP) is 4.40. The summed E-state index contributed by atoms with van der Waals surface area (Å²) in [5.74, 6) is 0.471. The summed E-state index contributed by atoms with van der Waals surface area (Å²) in [7, 11) is 0. The zero-order valence-electron chi connectivity index (χ0n) is 23.3. The molecule has 3 fully saturated rings. The maximum absolute atomic E-state index is 13.3. The van der Waals surface area contributed by atoms with Crippen molar-refractivity contribution < 1.29 is 23.1 Å². The number of carbonyl (C=O) groups is 1. The van der Waals surface area contributed by atoms with E-state index in [0.717, 1.165) is 30.9 Å². The third kappa shape index (κ3) is 6.12. The van der Waals surface area contributed by atoms with Crippen molar-refractivity contribution in [2.75, 3.05) is 31.1 Å². The molecule has 0 radical (unpaired) electrons. The van der Waals surface area contributed by atoms with Gasteiger partial charge in [0.05, 0.1) is 17.2 Å². The van der Waals surface area contributed by atoms with E-state index in [9.17, 15) is 23.1 Å². The molecule has 2 N–H and O–H groups in total. The number of aliphatic hydroxyl groups is 1. The van der Waals surface area contributed by atoms with E-state index in [0.29, 0.717) is 62.6 Å². The second-order valence-electron chi connectivity index (χ2n) is 11.7. The number of rotatable bonds is 6. The highest BCUT2D eigenvalue weighted by Crippen LogP contribution is 2.37. The van der Waals surface area contributed by atoms with Gasteiger partial charge in [0.25, 0.3) is 0 Å². The third-order valence-electron chi connectivity index (χ3n) is 8.92. The molecule has 4 heterocycles. The van der Waals surface area contributed by atoms with Gasteiger partial charge in [0.15, 0.2) is 5.82 Å². The summed E-state index contributed by atoms with van der Waals surface area (Å²) in [4.78, 5) is 30.1. The van der Waals surface area contributed by atoms with Crippen molar-refractivity contribution in [3.05, 3.63) is 72.3 Å². The van der Waals surface area contributed by atoms with E-state index in [1.807, 2.05) is 21.9 Å². The van der Waals surface area contributed by atoms with Gasteiger partial charge in [-0.25, -0.2) is 9.97 Å².